The second kappa shape index (κ2) is 7.37. The zero-order valence-electron chi connectivity index (χ0n) is 16.3. The van der Waals surface area contributed by atoms with E-state index in [2.05, 4.69) is 17.4 Å². The van der Waals surface area contributed by atoms with Crippen molar-refractivity contribution in [2.75, 3.05) is 0 Å². The molecule has 2 aliphatic carbocycles. The summed E-state index contributed by atoms with van der Waals surface area (Å²) >= 11 is 0. The topological polar surface area (TPSA) is 64.4 Å². The maximum Gasteiger partial charge on any atom is 0.274 e. The van der Waals surface area contributed by atoms with Gasteiger partial charge < -0.3 is 14.6 Å². The Hall–Kier alpha value is -2.30. The molecule has 0 aliphatic heterocycles. The Kier molecular flexibility index (Phi) is 4.94. The Labute approximate surface area is 160 Å². The van der Waals surface area contributed by atoms with Gasteiger partial charge in [-0.1, -0.05) is 29.3 Å². The maximum absolute atomic E-state index is 12.8. The van der Waals surface area contributed by atoms with Crippen molar-refractivity contribution >= 4 is 5.91 Å². The number of nitrogens with one attached hydrogen (secondary N) is 1. The zero-order valence-corrected chi connectivity index (χ0v) is 16.3. The van der Waals surface area contributed by atoms with E-state index in [1.165, 1.54) is 31.2 Å². The first-order valence-corrected chi connectivity index (χ1v) is 9.96. The Morgan fingerprint density at radius 2 is 2.04 bits per heavy atom. The molecule has 2 fully saturated rings. The minimum Gasteiger partial charge on any atom is -0.489 e. The Morgan fingerprint density at radius 3 is 2.70 bits per heavy atom. The molecule has 1 N–H and O–H groups in total. The fourth-order valence-electron chi connectivity index (χ4n) is 4.82. The van der Waals surface area contributed by atoms with E-state index in [1.807, 2.05) is 38.1 Å². The van der Waals surface area contributed by atoms with E-state index in [0.29, 0.717) is 22.9 Å². The predicted octanol–water partition coefficient (Wildman–Crippen LogP) is 4.42. The number of carbonyl (C=O) groups is 1. The van der Waals surface area contributed by atoms with Crippen LogP contribution in [-0.4, -0.2) is 17.1 Å². The first kappa shape index (κ1) is 18.1. The van der Waals surface area contributed by atoms with E-state index in [0.717, 1.165) is 17.6 Å². The maximum atomic E-state index is 12.8. The van der Waals surface area contributed by atoms with Gasteiger partial charge in [0.1, 0.15) is 18.1 Å². The number of ether oxygens (including phenoxy) is 1. The lowest BCUT2D eigenvalue weighted by Crippen LogP contribution is -2.40. The molecule has 4 unspecified atom stereocenters. The molecule has 1 amide bonds. The van der Waals surface area contributed by atoms with Crippen molar-refractivity contribution in [2.24, 2.45) is 17.8 Å². The van der Waals surface area contributed by atoms with Crippen molar-refractivity contribution in [3.05, 3.63) is 46.8 Å². The smallest absolute Gasteiger partial charge is 0.274 e. The third kappa shape index (κ3) is 3.73. The summed E-state index contributed by atoms with van der Waals surface area (Å²) in [5, 5.41) is 7.17. The van der Waals surface area contributed by atoms with E-state index in [-0.39, 0.29) is 18.6 Å². The lowest BCUT2D eigenvalue weighted by atomic mass is 9.84. The summed E-state index contributed by atoms with van der Waals surface area (Å²) in [6.07, 6.45) is 5.26. The molecule has 2 aromatic rings. The van der Waals surface area contributed by atoms with Gasteiger partial charge in [-0.15, -0.1) is 0 Å². The van der Waals surface area contributed by atoms with Crippen LogP contribution in [-0.2, 0) is 6.61 Å². The van der Waals surface area contributed by atoms with Crippen molar-refractivity contribution in [1.29, 1.82) is 0 Å². The molecule has 4 atom stereocenters. The van der Waals surface area contributed by atoms with Crippen molar-refractivity contribution in [2.45, 2.75) is 59.1 Å². The van der Waals surface area contributed by atoms with Gasteiger partial charge in [-0.3, -0.25) is 4.79 Å². The van der Waals surface area contributed by atoms with Crippen molar-refractivity contribution in [3.63, 3.8) is 0 Å². The molecule has 27 heavy (non-hydrogen) atoms. The molecule has 5 nitrogen and oxygen atoms in total. The molecule has 144 valence electrons. The van der Waals surface area contributed by atoms with E-state index < -0.39 is 0 Å². The molecular formula is C22H28N2O3. The third-order valence-corrected chi connectivity index (χ3v) is 6.40. The SMILES string of the molecule is Cc1ccc(OCc2c(C(=O)NC(C)C3CC4CCC3C4)noc2C)cc1. The van der Waals surface area contributed by atoms with Crippen LogP contribution < -0.4 is 10.1 Å². The van der Waals surface area contributed by atoms with Crippen LogP contribution in [0, 0.1) is 31.6 Å². The average Bonchev–Trinajstić information content (AvgIpc) is 3.37. The molecule has 2 aliphatic rings. The van der Waals surface area contributed by atoms with Crippen molar-refractivity contribution in [1.82, 2.24) is 10.5 Å². The monoisotopic (exact) mass is 368 g/mol. The standard InChI is InChI=1S/C22H28N2O3/c1-13-4-8-18(9-5-13)26-12-20-15(3)27-24-21(20)22(25)23-14(2)19-11-16-6-7-17(19)10-16/h4-5,8-9,14,16-17,19H,6-7,10-12H2,1-3H3,(H,23,25). The minimum absolute atomic E-state index is 0.162. The highest BCUT2D eigenvalue weighted by atomic mass is 16.5. The van der Waals surface area contributed by atoms with Crippen LogP contribution in [0.15, 0.2) is 28.8 Å². The number of rotatable bonds is 6. The number of fused-ring (bicyclic) bond motifs is 2. The largest absolute Gasteiger partial charge is 0.489 e. The van der Waals surface area contributed by atoms with Crippen LogP contribution in [0.5, 0.6) is 5.75 Å². The van der Waals surface area contributed by atoms with Gasteiger partial charge in [0.25, 0.3) is 5.91 Å². The Morgan fingerprint density at radius 1 is 1.26 bits per heavy atom. The number of amides is 1. The van der Waals surface area contributed by atoms with Gasteiger partial charge >= 0.3 is 0 Å². The molecule has 2 saturated carbocycles. The van der Waals surface area contributed by atoms with Gasteiger partial charge in [0, 0.05) is 6.04 Å². The van der Waals surface area contributed by atoms with Crippen LogP contribution in [0.25, 0.3) is 0 Å². The van der Waals surface area contributed by atoms with Crippen molar-refractivity contribution in [3.8, 4) is 5.75 Å². The van der Waals surface area contributed by atoms with Gasteiger partial charge in [-0.2, -0.15) is 0 Å². The average molecular weight is 368 g/mol. The molecule has 5 heteroatoms. The van der Waals surface area contributed by atoms with Crippen molar-refractivity contribution < 1.29 is 14.1 Å². The van der Waals surface area contributed by atoms with E-state index in [1.54, 1.807) is 0 Å². The van der Waals surface area contributed by atoms with Gasteiger partial charge in [0.15, 0.2) is 5.69 Å². The van der Waals surface area contributed by atoms with Crippen LogP contribution >= 0.6 is 0 Å². The number of hydrogen-bond donors (Lipinski definition) is 1. The van der Waals surface area contributed by atoms with Gasteiger partial charge in [0.2, 0.25) is 0 Å². The summed E-state index contributed by atoms with van der Waals surface area (Å²) in [6, 6.07) is 8.01. The fourth-order valence-corrected chi connectivity index (χ4v) is 4.82. The number of aryl methyl sites for hydroxylation is 2. The molecule has 1 heterocycles. The zero-order chi connectivity index (χ0) is 19.0. The summed E-state index contributed by atoms with van der Waals surface area (Å²) in [5.41, 5.74) is 2.24. The van der Waals surface area contributed by atoms with E-state index >= 15 is 0 Å². The molecule has 2 bridgehead atoms. The first-order valence-electron chi connectivity index (χ1n) is 9.96. The summed E-state index contributed by atoms with van der Waals surface area (Å²) in [6.45, 7) is 6.24. The molecule has 4 rings (SSSR count). The van der Waals surface area contributed by atoms with Crippen LogP contribution in [0.1, 0.15) is 60.0 Å². The summed E-state index contributed by atoms with van der Waals surface area (Å²) in [4.78, 5) is 12.8. The van der Waals surface area contributed by atoms with Crippen LogP contribution in [0.4, 0.5) is 0 Å². The number of nitrogens with zero attached hydrogens (tertiary/aromatic N) is 1. The third-order valence-electron chi connectivity index (χ3n) is 6.40. The quantitative estimate of drug-likeness (QED) is 0.819. The molecule has 1 aromatic carbocycles. The highest BCUT2D eigenvalue weighted by Crippen LogP contribution is 2.49. The van der Waals surface area contributed by atoms with E-state index in [4.69, 9.17) is 9.26 Å². The fraction of sp³-hybridized carbons (Fsp3) is 0.545. The normalized spacial score (nSPS) is 24.8. The minimum atomic E-state index is -0.162. The van der Waals surface area contributed by atoms with Gasteiger partial charge in [-0.25, -0.2) is 0 Å². The number of benzene rings is 1. The highest BCUT2D eigenvalue weighted by molar-refractivity contribution is 5.94. The number of aromatic nitrogens is 1. The lowest BCUT2D eigenvalue weighted by Gasteiger charge is -2.28. The van der Waals surface area contributed by atoms with Gasteiger partial charge in [-0.05, 0) is 69.9 Å². The molecule has 0 saturated heterocycles. The van der Waals surface area contributed by atoms with Crippen LogP contribution in [0.3, 0.4) is 0 Å². The number of hydrogen-bond acceptors (Lipinski definition) is 4. The highest BCUT2D eigenvalue weighted by Gasteiger charge is 2.42. The van der Waals surface area contributed by atoms with Crippen LogP contribution in [0.2, 0.25) is 0 Å². The predicted molar refractivity (Wildman–Crippen MR) is 103 cm³/mol. The Balaban J connectivity index is 1.41. The van der Waals surface area contributed by atoms with Gasteiger partial charge in [0.05, 0.1) is 5.56 Å². The van der Waals surface area contributed by atoms with E-state index in [9.17, 15) is 4.79 Å². The first-order chi connectivity index (χ1) is 13.0. The second-order valence-corrected chi connectivity index (χ2v) is 8.27. The Bertz CT molecular complexity index is 811. The second-order valence-electron chi connectivity index (χ2n) is 8.27. The summed E-state index contributed by atoms with van der Waals surface area (Å²) < 4.78 is 11.1. The molecule has 0 radical (unpaired) electrons. The lowest BCUT2D eigenvalue weighted by molar-refractivity contribution is 0.0904. The molecular weight excluding hydrogens is 340 g/mol. The number of carbonyl (C=O) groups excluding carboxylic acids is 1. The summed E-state index contributed by atoms with van der Waals surface area (Å²) in [5.74, 6) is 3.46. The molecule has 0 spiro atoms. The summed E-state index contributed by atoms with van der Waals surface area (Å²) in [7, 11) is 0. The molecule has 1 aromatic heterocycles.